The van der Waals surface area contributed by atoms with Crippen molar-refractivity contribution in [1.29, 1.82) is 0 Å². The highest BCUT2D eigenvalue weighted by molar-refractivity contribution is 7.88. The van der Waals surface area contributed by atoms with E-state index in [4.69, 9.17) is 4.18 Å². The normalized spacial score (nSPS) is 11.7. The quantitative estimate of drug-likeness (QED) is 0.0921. The van der Waals surface area contributed by atoms with Crippen molar-refractivity contribution in [1.82, 2.24) is 9.97 Å². The molecule has 54 heavy (non-hydrogen) atoms. The molecule has 2 heterocycles. The van der Waals surface area contributed by atoms with E-state index in [0.29, 0.717) is 36.8 Å². The molecule has 7 rings (SSSR count). The van der Waals surface area contributed by atoms with Gasteiger partial charge < -0.3 is 4.18 Å². The van der Waals surface area contributed by atoms with Crippen molar-refractivity contribution in [3.05, 3.63) is 186 Å². The lowest BCUT2D eigenvalue weighted by Crippen LogP contribution is -2.28. The van der Waals surface area contributed by atoms with E-state index in [1.807, 2.05) is 127 Å². The number of aromatic nitrogens is 2. The van der Waals surface area contributed by atoms with E-state index in [0.717, 1.165) is 55.9 Å². The van der Waals surface area contributed by atoms with Gasteiger partial charge in [0.2, 0.25) is 0 Å². The Morgan fingerprint density at radius 3 is 1.33 bits per heavy atom. The van der Waals surface area contributed by atoms with Crippen LogP contribution in [0.25, 0.3) is 44.8 Å². The van der Waals surface area contributed by atoms with Crippen LogP contribution in [-0.4, -0.2) is 23.9 Å². The van der Waals surface area contributed by atoms with Gasteiger partial charge in [0.1, 0.15) is 5.75 Å². The fourth-order valence-electron chi connectivity index (χ4n) is 6.54. The molecule has 0 amide bonds. The molecule has 0 aliphatic heterocycles. The van der Waals surface area contributed by atoms with Crippen LogP contribution < -0.4 is 4.18 Å². The molecule has 5 aromatic carbocycles. The van der Waals surface area contributed by atoms with Gasteiger partial charge >= 0.3 is 15.6 Å². The Morgan fingerprint density at radius 2 is 0.926 bits per heavy atom. The fraction of sp³-hybridized carbons (Fsp3) is 0.111. The van der Waals surface area contributed by atoms with Gasteiger partial charge in [-0.05, 0) is 119 Å². The van der Waals surface area contributed by atoms with E-state index in [1.54, 1.807) is 12.4 Å². The summed E-state index contributed by atoms with van der Waals surface area (Å²) >= 11 is 0. The van der Waals surface area contributed by atoms with Gasteiger partial charge in [0, 0.05) is 23.5 Å². The van der Waals surface area contributed by atoms with E-state index in [9.17, 15) is 21.6 Å². The van der Waals surface area contributed by atoms with Crippen molar-refractivity contribution in [3.63, 3.8) is 0 Å². The van der Waals surface area contributed by atoms with Crippen molar-refractivity contribution in [2.24, 2.45) is 0 Å². The molecule has 0 aliphatic carbocycles. The van der Waals surface area contributed by atoms with Gasteiger partial charge in [-0.1, -0.05) is 103 Å². The molecule has 0 aliphatic rings. The Kier molecular flexibility index (Phi) is 10.7. The van der Waals surface area contributed by atoms with E-state index in [1.165, 1.54) is 12.1 Å². The Labute approximate surface area is 312 Å². The number of aryl methyl sites for hydroxylation is 4. The molecule has 9 heteroatoms. The third-order valence-corrected chi connectivity index (χ3v) is 10.2. The SMILES string of the molecule is O=S(=O)(Oc1cc(CCc2ccc(-c3ccccn3)cc2-c2ccccc2)cc(CCc2ccc(-c3ccccn3)cc2-c2ccccc2)c1)C(F)(F)F. The Hall–Kier alpha value is -6.06. The monoisotopic (exact) mass is 740 g/mol. The van der Waals surface area contributed by atoms with Crippen LogP contribution in [0, 0.1) is 0 Å². The molecular weight excluding hydrogens is 706 g/mol. The number of alkyl halides is 3. The molecule has 0 unspecified atom stereocenters. The molecule has 0 radical (unpaired) electrons. The van der Waals surface area contributed by atoms with Crippen LogP contribution in [-0.2, 0) is 35.8 Å². The summed E-state index contributed by atoms with van der Waals surface area (Å²) in [6, 6.07) is 48.4. The summed E-state index contributed by atoms with van der Waals surface area (Å²) in [7, 11) is -5.88. The number of rotatable bonds is 12. The number of hydrogen-bond acceptors (Lipinski definition) is 5. The molecule has 0 fully saturated rings. The van der Waals surface area contributed by atoms with Crippen LogP contribution >= 0.6 is 0 Å². The highest BCUT2D eigenvalue weighted by Crippen LogP contribution is 2.34. The number of benzene rings is 5. The highest BCUT2D eigenvalue weighted by atomic mass is 32.2. The number of halogens is 3. The first-order chi connectivity index (χ1) is 26.1. The summed E-state index contributed by atoms with van der Waals surface area (Å²) < 4.78 is 69.4. The minimum Gasteiger partial charge on any atom is -0.376 e. The fourth-order valence-corrected chi connectivity index (χ4v) is 6.99. The van der Waals surface area contributed by atoms with Crippen molar-refractivity contribution in [2.45, 2.75) is 31.2 Å². The molecule has 0 bridgehead atoms. The van der Waals surface area contributed by atoms with Gasteiger partial charge in [0.25, 0.3) is 0 Å². The second-order valence-electron chi connectivity index (χ2n) is 12.9. The van der Waals surface area contributed by atoms with Gasteiger partial charge in [-0.25, -0.2) is 0 Å². The minimum absolute atomic E-state index is 0.373. The molecule has 7 aromatic rings. The smallest absolute Gasteiger partial charge is 0.376 e. The maximum atomic E-state index is 13.5. The zero-order chi connectivity index (χ0) is 37.5. The topological polar surface area (TPSA) is 69.2 Å². The zero-order valence-corrected chi connectivity index (χ0v) is 29.9. The van der Waals surface area contributed by atoms with Crippen molar-refractivity contribution in [2.75, 3.05) is 0 Å². The van der Waals surface area contributed by atoms with E-state index in [-0.39, 0.29) is 5.75 Å². The summed E-state index contributed by atoms with van der Waals surface area (Å²) in [5.74, 6) is -0.373. The third-order valence-electron chi connectivity index (χ3n) is 9.19. The van der Waals surface area contributed by atoms with Crippen LogP contribution in [0.15, 0.2) is 164 Å². The van der Waals surface area contributed by atoms with Crippen LogP contribution in [0.1, 0.15) is 22.3 Å². The molecule has 0 atom stereocenters. The van der Waals surface area contributed by atoms with Crippen molar-refractivity contribution >= 4 is 10.1 Å². The largest absolute Gasteiger partial charge is 0.534 e. The highest BCUT2D eigenvalue weighted by Gasteiger charge is 2.48. The lowest BCUT2D eigenvalue weighted by molar-refractivity contribution is -0.0500. The average molecular weight is 741 g/mol. The summed E-state index contributed by atoms with van der Waals surface area (Å²) in [6.07, 6.45) is 5.41. The standard InChI is InChI=1S/C45H35F3N2O3S/c46-45(47,48)54(51,52)53-40-28-32(17-19-36-21-23-38(43-15-7-9-25-49-43)30-41(36)34-11-3-1-4-12-34)27-33(29-40)18-20-37-22-24-39(44-16-8-10-26-50-44)31-42(37)35-13-5-2-6-14-35/h1-16,21-31H,17-20H2. The lowest BCUT2D eigenvalue weighted by atomic mass is 9.91. The maximum Gasteiger partial charge on any atom is 0.534 e. The van der Waals surface area contributed by atoms with Gasteiger partial charge in [0.15, 0.2) is 0 Å². The summed E-state index contributed by atoms with van der Waals surface area (Å²) in [5.41, 5.74) is 5.42. The van der Waals surface area contributed by atoms with E-state index in [2.05, 4.69) is 22.1 Å². The van der Waals surface area contributed by atoms with E-state index >= 15 is 0 Å². The van der Waals surface area contributed by atoms with Crippen LogP contribution in [0.4, 0.5) is 13.2 Å². The number of pyridine rings is 2. The maximum absolute atomic E-state index is 13.5. The summed E-state index contributed by atoms with van der Waals surface area (Å²) in [6.45, 7) is 0. The molecule has 5 nitrogen and oxygen atoms in total. The number of nitrogens with zero attached hydrogens (tertiary/aromatic N) is 2. The second-order valence-corrected chi connectivity index (χ2v) is 14.4. The Bertz CT molecular complexity index is 2310. The second kappa shape index (κ2) is 15.9. The molecule has 0 saturated carbocycles. The van der Waals surface area contributed by atoms with Gasteiger partial charge in [-0.2, -0.15) is 21.6 Å². The predicted molar refractivity (Wildman–Crippen MR) is 207 cm³/mol. The van der Waals surface area contributed by atoms with Crippen LogP contribution in [0.3, 0.4) is 0 Å². The Morgan fingerprint density at radius 1 is 0.481 bits per heavy atom. The molecular formula is C45H35F3N2O3S. The van der Waals surface area contributed by atoms with Crippen molar-refractivity contribution < 1.29 is 25.8 Å². The molecule has 0 saturated heterocycles. The van der Waals surface area contributed by atoms with Gasteiger partial charge in [-0.3, -0.25) is 9.97 Å². The number of hydrogen-bond donors (Lipinski definition) is 0. The van der Waals surface area contributed by atoms with Gasteiger partial charge in [-0.15, -0.1) is 0 Å². The summed E-state index contributed by atoms with van der Waals surface area (Å²) in [4.78, 5) is 9.01. The van der Waals surface area contributed by atoms with Crippen LogP contribution in [0.2, 0.25) is 0 Å². The molecule has 270 valence electrons. The predicted octanol–water partition coefficient (Wildman–Crippen LogP) is 10.9. The first-order valence-electron chi connectivity index (χ1n) is 17.5. The summed E-state index contributed by atoms with van der Waals surface area (Å²) in [5, 5.41) is 0. The average Bonchev–Trinajstić information content (AvgIpc) is 3.20. The van der Waals surface area contributed by atoms with Crippen LogP contribution in [0.5, 0.6) is 5.75 Å². The first-order valence-corrected chi connectivity index (χ1v) is 18.9. The lowest BCUT2D eigenvalue weighted by Gasteiger charge is -2.16. The molecule has 2 aromatic heterocycles. The zero-order valence-electron chi connectivity index (χ0n) is 29.1. The molecule has 0 N–H and O–H groups in total. The Balaban J connectivity index is 1.21. The minimum atomic E-state index is -5.88. The third kappa shape index (κ3) is 8.59. The first kappa shape index (κ1) is 36.3. The molecule has 0 spiro atoms. The van der Waals surface area contributed by atoms with Gasteiger partial charge in [0.05, 0.1) is 11.4 Å². The van der Waals surface area contributed by atoms with E-state index < -0.39 is 15.6 Å². The van der Waals surface area contributed by atoms with Crippen molar-refractivity contribution in [3.8, 4) is 50.5 Å².